The Morgan fingerprint density at radius 3 is 2.33 bits per heavy atom. The third-order valence-electron chi connectivity index (χ3n) is 6.53. The number of non-ortho nitro benzene ring substituents is 1. The van der Waals surface area contributed by atoms with Gasteiger partial charge in [0.15, 0.2) is 0 Å². The Morgan fingerprint density at radius 1 is 1.11 bits per heavy atom. The van der Waals surface area contributed by atoms with Crippen LogP contribution in [-0.4, -0.2) is 39.8 Å². The largest absolute Gasteiger partial charge is 0.280 e. The molecule has 0 spiro atoms. The molecule has 140 valence electrons. The second kappa shape index (κ2) is 5.34. The van der Waals surface area contributed by atoms with E-state index in [1.807, 2.05) is 13.8 Å². The molecule has 0 N–H and O–H groups in total. The van der Waals surface area contributed by atoms with Gasteiger partial charge < -0.3 is 0 Å². The molecule has 3 fully saturated rings. The molecule has 1 aromatic carbocycles. The van der Waals surface area contributed by atoms with Crippen molar-refractivity contribution in [2.75, 3.05) is 5.01 Å². The summed E-state index contributed by atoms with van der Waals surface area (Å²) in [4.78, 5) is 37.6. The van der Waals surface area contributed by atoms with Crippen LogP contribution in [0.25, 0.3) is 0 Å². The van der Waals surface area contributed by atoms with Crippen molar-refractivity contribution in [1.29, 1.82) is 0 Å². The Kier molecular flexibility index (Phi) is 3.23. The number of benzene rings is 1. The average Bonchev–Trinajstić information content (AvgIpc) is 3.35. The fourth-order valence-electron chi connectivity index (χ4n) is 5.57. The van der Waals surface area contributed by atoms with Gasteiger partial charge in [0.1, 0.15) is 0 Å². The number of carbonyl (C=O) groups is 2. The molecule has 4 aliphatic rings. The summed E-state index contributed by atoms with van der Waals surface area (Å²) in [5, 5.41) is 21.4. The first-order valence-corrected chi connectivity index (χ1v) is 9.21. The average molecular weight is 369 g/mol. The first-order valence-electron chi connectivity index (χ1n) is 9.21. The number of rotatable bonds is 3. The molecule has 9 heteroatoms. The summed E-state index contributed by atoms with van der Waals surface area (Å²) in [6.07, 6.45) is 0.802. The van der Waals surface area contributed by atoms with Crippen molar-refractivity contribution in [3.8, 4) is 0 Å². The van der Waals surface area contributed by atoms with Gasteiger partial charge in [0.2, 0.25) is 11.8 Å². The molecule has 2 heterocycles. The minimum absolute atomic E-state index is 0.0172. The number of nitro groups is 1. The Balaban J connectivity index is 1.46. The zero-order valence-electron chi connectivity index (χ0n) is 14.9. The summed E-state index contributed by atoms with van der Waals surface area (Å²) in [6.45, 7) is 3.73. The Labute approximate surface area is 155 Å². The SMILES string of the molecule is CC(C)N1C(=O)C2C3CC(C2C1=O)C1C3N=NN1c1ccc([N+](=O)[O-])cc1. The smallest absolute Gasteiger partial charge is 0.269 e. The molecule has 6 unspecified atom stereocenters. The number of fused-ring (bicyclic) bond motifs is 8. The van der Waals surface area contributed by atoms with Gasteiger partial charge in [0.05, 0.1) is 34.5 Å². The van der Waals surface area contributed by atoms with E-state index in [0.717, 1.165) is 12.1 Å². The molecule has 9 nitrogen and oxygen atoms in total. The lowest BCUT2D eigenvalue weighted by molar-refractivity contribution is -0.384. The summed E-state index contributed by atoms with van der Waals surface area (Å²) in [5.41, 5.74) is 0.738. The fourth-order valence-corrected chi connectivity index (χ4v) is 5.57. The highest BCUT2D eigenvalue weighted by molar-refractivity contribution is 6.06. The quantitative estimate of drug-likeness (QED) is 0.461. The molecule has 0 aromatic heterocycles. The maximum atomic E-state index is 12.9. The number of hydrogen-bond donors (Lipinski definition) is 0. The normalized spacial score (nSPS) is 36.1. The second-order valence-corrected chi connectivity index (χ2v) is 8.06. The van der Waals surface area contributed by atoms with Crippen molar-refractivity contribution >= 4 is 23.2 Å². The first-order chi connectivity index (χ1) is 12.9. The number of carbonyl (C=O) groups excluding carboxylic acids is 2. The first kappa shape index (κ1) is 16.3. The molecule has 2 aliphatic heterocycles. The lowest BCUT2D eigenvalue weighted by atomic mass is 9.76. The fraction of sp³-hybridized carbons (Fsp3) is 0.556. The molecule has 2 bridgehead atoms. The molecule has 2 amide bonds. The molecular weight excluding hydrogens is 350 g/mol. The molecule has 2 saturated carbocycles. The zero-order chi connectivity index (χ0) is 19.0. The van der Waals surface area contributed by atoms with Gasteiger partial charge in [-0.15, -0.1) is 0 Å². The van der Waals surface area contributed by atoms with Crippen molar-refractivity contribution in [3.05, 3.63) is 34.4 Å². The van der Waals surface area contributed by atoms with Crippen LogP contribution in [0.3, 0.4) is 0 Å². The molecular formula is C18H19N5O4. The van der Waals surface area contributed by atoms with E-state index in [-0.39, 0.29) is 59.3 Å². The van der Waals surface area contributed by atoms with Crippen molar-refractivity contribution in [2.24, 2.45) is 34.0 Å². The molecule has 1 aromatic rings. The van der Waals surface area contributed by atoms with Crippen LogP contribution >= 0.6 is 0 Å². The molecule has 1 saturated heterocycles. The van der Waals surface area contributed by atoms with E-state index in [0.29, 0.717) is 0 Å². The Bertz CT molecular complexity index is 882. The number of nitrogens with zero attached hydrogens (tertiary/aromatic N) is 5. The van der Waals surface area contributed by atoms with Crippen LogP contribution in [0.4, 0.5) is 11.4 Å². The zero-order valence-corrected chi connectivity index (χ0v) is 14.9. The summed E-state index contributed by atoms with van der Waals surface area (Å²) in [5.74, 6) is -0.638. The number of anilines is 1. The van der Waals surface area contributed by atoms with E-state index in [1.54, 1.807) is 17.1 Å². The van der Waals surface area contributed by atoms with Crippen molar-refractivity contribution in [2.45, 2.75) is 38.4 Å². The summed E-state index contributed by atoms with van der Waals surface area (Å²) < 4.78 is 0. The van der Waals surface area contributed by atoms with Gasteiger partial charge in [-0.1, -0.05) is 5.22 Å². The maximum Gasteiger partial charge on any atom is 0.269 e. The van der Waals surface area contributed by atoms with Crippen LogP contribution in [-0.2, 0) is 9.59 Å². The molecule has 6 atom stereocenters. The minimum atomic E-state index is -0.441. The number of nitro benzene ring substituents is 1. The number of hydrogen-bond acceptors (Lipinski definition) is 7. The second-order valence-electron chi connectivity index (χ2n) is 8.06. The summed E-state index contributed by atoms with van der Waals surface area (Å²) in [6, 6.07) is 5.90. The lowest BCUT2D eigenvalue weighted by Gasteiger charge is -2.33. The van der Waals surface area contributed by atoms with Crippen LogP contribution < -0.4 is 5.01 Å². The third kappa shape index (κ3) is 1.99. The van der Waals surface area contributed by atoms with Crippen molar-refractivity contribution in [1.82, 2.24) is 4.90 Å². The van der Waals surface area contributed by atoms with Gasteiger partial charge in [0, 0.05) is 18.2 Å². The predicted octanol–water partition coefficient (Wildman–Crippen LogP) is 2.18. The van der Waals surface area contributed by atoms with Crippen molar-refractivity contribution < 1.29 is 14.5 Å². The van der Waals surface area contributed by atoms with E-state index in [4.69, 9.17) is 0 Å². The Morgan fingerprint density at radius 2 is 1.74 bits per heavy atom. The monoisotopic (exact) mass is 369 g/mol. The van der Waals surface area contributed by atoms with Crippen LogP contribution in [0.1, 0.15) is 20.3 Å². The third-order valence-corrected chi connectivity index (χ3v) is 6.53. The van der Waals surface area contributed by atoms with Crippen LogP contribution in [0, 0.1) is 33.8 Å². The van der Waals surface area contributed by atoms with Gasteiger partial charge in [-0.05, 0) is 44.2 Å². The van der Waals surface area contributed by atoms with Gasteiger partial charge in [-0.2, -0.15) is 5.11 Å². The van der Waals surface area contributed by atoms with E-state index < -0.39 is 4.92 Å². The van der Waals surface area contributed by atoms with Gasteiger partial charge in [0.25, 0.3) is 5.69 Å². The van der Waals surface area contributed by atoms with Crippen molar-refractivity contribution in [3.63, 3.8) is 0 Å². The standard InChI is InChI=1S/C18H19N5O4/c1-8(2)21-17(24)13-11-7-12(14(13)18(21)25)16-15(11)19-20-22(16)9-3-5-10(6-4-9)23(26)27/h3-6,8,11-16H,7H2,1-2H3. The highest BCUT2D eigenvalue weighted by Crippen LogP contribution is 2.60. The van der Waals surface area contributed by atoms with Crippen LogP contribution in [0.2, 0.25) is 0 Å². The van der Waals surface area contributed by atoms with Crippen LogP contribution in [0.5, 0.6) is 0 Å². The van der Waals surface area contributed by atoms with E-state index >= 15 is 0 Å². The molecule has 2 aliphatic carbocycles. The van der Waals surface area contributed by atoms with E-state index in [1.165, 1.54) is 17.0 Å². The van der Waals surface area contributed by atoms with E-state index in [9.17, 15) is 19.7 Å². The van der Waals surface area contributed by atoms with Crippen LogP contribution in [0.15, 0.2) is 34.6 Å². The molecule has 27 heavy (non-hydrogen) atoms. The summed E-state index contributed by atoms with van der Waals surface area (Å²) >= 11 is 0. The highest BCUT2D eigenvalue weighted by atomic mass is 16.6. The Hall–Kier alpha value is -2.84. The number of amides is 2. The minimum Gasteiger partial charge on any atom is -0.280 e. The predicted molar refractivity (Wildman–Crippen MR) is 93.6 cm³/mol. The lowest BCUT2D eigenvalue weighted by Crippen LogP contribution is -2.47. The van der Waals surface area contributed by atoms with Gasteiger partial charge in [-0.25, -0.2) is 5.01 Å². The molecule has 0 radical (unpaired) electrons. The van der Waals surface area contributed by atoms with E-state index in [2.05, 4.69) is 10.3 Å². The van der Waals surface area contributed by atoms with Gasteiger partial charge >= 0.3 is 0 Å². The number of imide groups is 1. The summed E-state index contributed by atoms with van der Waals surface area (Å²) in [7, 11) is 0. The maximum absolute atomic E-state index is 12.9. The number of likely N-dealkylation sites (tertiary alicyclic amines) is 1. The highest BCUT2D eigenvalue weighted by Gasteiger charge is 2.70. The topological polar surface area (TPSA) is 108 Å². The van der Waals surface area contributed by atoms with Gasteiger partial charge in [-0.3, -0.25) is 24.6 Å². The molecule has 5 rings (SSSR count).